The van der Waals surface area contributed by atoms with E-state index in [2.05, 4.69) is 14.7 Å². The number of fused-ring (bicyclic) bond motifs is 1. The molecular formula is C23H19FN4O4S. The van der Waals surface area contributed by atoms with Gasteiger partial charge < -0.3 is 15.0 Å². The standard InChI is InChI=1S/C23H19FN4O4S/c24-15-7-10-17(11-8-15)32-21-12-9-16(14-25-21)26-23(29)19-5-3-13-28(19)22-18-4-1-2-6-20(18)33(30,31)27-22/h1-2,4,6-12,14,19H,3,5,13H2,(H,26,29)/t19-/m0/s1. The van der Waals surface area contributed by atoms with Crippen LogP contribution in [0, 0.1) is 5.82 Å². The molecule has 0 spiro atoms. The van der Waals surface area contributed by atoms with Crippen LogP contribution in [0.3, 0.4) is 0 Å². The molecule has 2 aromatic carbocycles. The maximum Gasteiger partial charge on any atom is 0.285 e. The third-order valence-corrected chi connectivity index (χ3v) is 6.81. The predicted molar refractivity (Wildman–Crippen MR) is 119 cm³/mol. The van der Waals surface area contributed by atoms with Gasteiger partial charge in [0, 0.05) is 18.2 Å². The molecule has 1 aromatic heterocycles. The highest BCUT2D eigenvalue weighted by atomic mass is 32.2. The van der Waals surface area contributed by atoms with E-state index in [0.29, 0.717) is 41.7 Å². The van der Waals surface area contributed by atoms with Crippen molar-refractivity contribution in [1.82, 2.24) is 9.88 Å². The molecule has 0 saturated carbocycles. The molecule has 2 aliphatic rings. The molecule has 8 nitrogen and oxygen atoms in total. The van der Waals surface area contributed by atoms with Crippen molar-refractivity contribution >= 4 is 27.5 Å². The largest absolute Gasteiger partial charge is 0.439 e. The van der Waals surface area contributed by atoms with Crippen molar-refractivity contribution in [2.75, 3.05) is 11.9 Å². The molecule has 168 valence electrons. The van der Waals surface area contributed by atoms with Crippen molar-refractivity contribution < 1.29 is 22.3 Å². The number of rotatable bonds is 4. The summed E-state index contributed by atoms with van der Waals surface area (Å²) < 4.78 is 47.3. The third kappa shape index (κ3) is 4.17. The molecule has 1 saturated heterocycles. The van der Waals surface area contributed by atoms with E-state index in [4.69, 9.17) is 4.74 Å². The number of anilines is 1. The number of carbonyl (C=O) groups excluding carboxylic acids is 1. The number of amides is 1. The highest BCUT2D eigenvalue weighted by Gasteiger charge is 2.39. The van der Waals surface area contributed by atoms with Crippen LogP contribution in [0.2, 0.25) is 0 Å². The van der Waals surface area contributed by atoms with E-state index in [1.165, 1.54) is 36.5 Å². The van der Waals surface area contributed by atoms with Crippen molar-refractivity contribution in [3.63, 3.8) is 0 Å². The SMILES string of the molecule is O=C(Nc1ccc(Oc2ccc(F)cc2)nc1)[C@@H]1CCCN1C1=NS(=O)(=O)c2ccccc21. The number of sulfonamides is 1. The molecule has 3 heterocycles. The van der Waals surface area contributed by atoms with Crippen LogP contribution in [0.25, 0.3) is 0 Å². The molecule has 10 heteroatoms. The lowest BCUT2D eigenvalue weighted by Crippen LogP contribution is -2.43. The number of ether oxygens (including phenoxy) is 1. The minimum absolute atomic E-state index is 0.159. The van der Waals surface area contributed by atoms with Gasteiger partial charge in [-0.25, -0.2) is 9.37 Å². The molecule has 1 amide bonds. The van der Waals surface area contributed by atoms with E-state index in [1.807, 2.05) is 0 Å². The first-order valence-electron chi connectivity index (χ1n) is 10.3. The van der Waals surface area contributed by atoms with Gasteiger partial charge in [-0.3, -0.25) is 4.79 Å². The number of benzene rings is 2. The van der Waals surface area contributed by atoms with E-state index in [-0.39, 0.29) is 16.6 Å². The Labute approximate surface area is 189 Å². The molecule has 33 heavy (non-hydrogen) atoms. The fourth-order valence-electron chi connectivity index (χ4n) is 3.95. The number of aromatic nitrogens is 1. The van der Waals surface area contributed by atoms with Gasteiger partial charge >= 0.3 is 0 Å². The Morgan fingerprint density at radius 2 is 1.88 bits per heavy atom. The lowest BCUT2D eigenvalue weighted by Gasteiger charge is -2.25. The predicted octanol–water partition coefficient (Wildman–Crippen LogP) is 3.57. The van der Waals surface area contributed by atoms with Gasteiger partial charge in [0.2, 0.25) is 11.8 Å². The minimum atomic E-state index is -3.76. The Balaban J connectivity index is 1.29. The average Bonchev–Trinajstić information content (AvgIpc) is 3.40. The fourth-order valence-corrected chi connectivity index (χ4v) is 5.17. The summed E-state index contributed by atoms with van der Waals surface area (Å²) in [5.41, 5.74) is 0.987. The molecule has 3 aromatic rings. The second kappa shape index (κ2) is 8.28. The molecule has 1 fully saturated rings. The van der Waals surface area contributed by atoms with Crippen molar-refractivity contribution in [3.05, 3.63) is 78.2 Å². The summed E-state index contributed by atoms with van der Waals surface area (Å²) in [5.74, 6) is 0.411. The summed E-state index contributed by atoms with van der Waals surface area (Å²) in [7, 11) is -3.76. The number of pyridine rings is 1. The van der Waals surface area contributed by atoms with Crippen LogP contribution in [0.4, 0.5) is 10.1 Å². The van der Waals surface area contributed by atoms with Crippen molar-refractivity contribution in [2.45, 2.75) is 23.8 Å². The first kappa shape index (κ1) is 21.1. The summed E-state index contributed by atoms with van der Waals surface area (Å²) in [6.07, 6.45) is 2.77. The second-order valence-corrected chi connectivity index (χ2v) is 9.24. The summed E-state index contributed by atoms with van der Waals surface area (Å²) in [6.45, 7) is 0.531. The van der Waals surface area contributed by atoms with E-state index >= 15 is 0 Å². The highest BCUT2D eigenvalue weighted by molar-refractivity contribution is 7.90. The van der Waals surface area contributed by atoms with Crippen LogP contribution < -0.4 is 10.1 Å². The van der Waals surface area contributed by atoms with Gasteiger partial charge in [0.05, 0.1) is 11.9 Å². The highest BCUT2D eigenvalue weighted by Crippen LogP contribution is 2.31. The third-order valence-electron chi connectivity index (χ3n) is 5.48. The zero-order valence-electron chi connectivity index (χ0n) is 17.3. The number of nitrogens with one attached hydrogen (secondary N) is 1. The fraction of sp³-hybridized carbons (Fsp3) is 0.174. The monoisotopic (exact) mass is 466 g/mol. The van der Waals surface area contributed by atoms with Crippen LogP contribution in [-0.4, -0.2) is 42.6 Å². The summed E-state index contributed by atoms with van der Waals surface area (Å²) >= 11 is 0. The Kier molecular flexibility index (Phi) is 5.29. The topological polar surface area (TPSA) is 101 Å². The Hall–Kier alpha value is -3.79. The maximum atomic E-state index is 13.0. The minimum Gasteiger partial charge on any atom is -0.439 e. The van der Waals surface area contributed by atoms with Crippen LogP contribution in [0.5, 0.6) is 11.6 Å². The first-order chi connectivity index (χ1) is 15.9. The molecule has 2 aliphatic heterocycles. The van der Waals surface area contributed by atoms with Crippen LogP contribution >= 0.6 is 0 Å². The number of hydrogen-bond donors (Lipinski definition) is 1. The van der Waals surface area contributed by atoms with E-state index in [9.17, 15) is 17.6 Å². The summed E-state index contributed by atoms with van der Waals surface area (Å²) in [5, 5.41) is 2.83. The number of hydrogen-bond acceptors (Lipinski definition) is 6. The normalized spacial score (nSPS) is 18.5. The first-order valence-corrected chi connectivity index (χ1v) is 11.8. The molecule has 5 rings (SSSR count). The average molecular weight is 466 g/mol. The summed E-state index contributed by atoms with van der Waals surface area (Å²) in [6, 6.07) is 14.9. The molecule has 1 atom stereocenters. The van der Waals surface area contributed by atoms with Gasteiger partial charge in [0.1, 0.15) is 22.5 Å². The van der Waals surface area contributed by atoms with Gasteiger partial charge in [-0.1, -0.05) is 12.1 Å². The molecule has 0 radical (unpaired) electrons. The lowest BCUT2D eigenvalue weighted by atomic mass is 10.1. The molecule has 0 bridgehead atoms. The number of halogens is 1. The van der Waals surface area contributed by atoms with Crippen molar-refractivity contribution in [2.24, 2.45) is 4.40 Å². The Morgan fingerprint density at radius 1 is 1.09 bits per heavy atom. The lowest BCUT2D eigenvalue weighted by molar-refractivity contribution is -0.119. The van der Waals surface area contributed by atoms with E-state index in [1.54, 1.807) is 35.2 Å². The molecular weight excluding hydrogens is 447 g/mol. The molecule has 0 aliphatic carbocycles. The Morgan fingerprint density at radius 3 is 2.64 bits per heavy atom. The number of amidine groups is 1. The van der Waals surface area contributed by atoms with Gasteiger partial charge in [-0.05, 0) is 55.3 Å². The van der Waals surface area contributed by atoms with Crippen molar-refractivity contribution in [3.8, 4) is 11.6 Å². The van der Waals surface area contributed by atoms with Crippen LogP contribution in [0.1, 0.15) is 18.4 Å². The number of likely N-dealkylation sites (tertiary alicyclic amines) is 1. The quantitative estimate of drug-likeness (QED) is 0.631. The second-order valence-electron chi connectivity index (χ2n) is 7.67. The van der Waals surface area contributed by atoms with Crippen LogP contribution in [-0.2, 0) is 14.8 Å². The smallest absolute Gasteiger partial charge is 0.285 e. The van der Waals surface area contributed by atoms with Gasteiger partial charge in [-0.15, -0.1) is 4.40 Å². The Bertz CT molecular complexity index is 1340. The molecule has 1 N–H and O–H groups in total. The van der Waals surface area contributed by atoms with E-state index in [0.717, 1.165) is 6.42 Å². The maximum absolute atomic E-state index is 13.0. The van der Waals surface area contributed by atoms with Gasteiger partial charge in [0.15, 0.2) is 5.84 Å². The summed E-state index contributed by atoms with van der Waals surface area (Å²) in [4.78, 5) is 19.1. The zero-order valence-corrected chi connectivity index (χ0v) is 18.1. The van der Waals surface area contributed by atoms with Gasteiger partial charge in [-0.2, -0.15) is 8.42 Å². The zero-order chi connectivity index (χ0) is 23.0. The number of nitrogens with zero attached hydrogens (tertiary/aromatic N) is 3. The molecule has 0 unspecified atom stereocenters. The number of carbonyl (C=O) groups is 1. The van der Waals surface area contributed by atoms with Gasteiger partial charge in [0.25, 0.3) is 10.0 Å². The van der Waals surface area contributed by atoms with E-state index < -0.39 is 16.1 Å². The van der Waals surface area contributed by atoms with Crippen molar-refractivity contribution in [1.29, 1.82) is 0 Å². The van der Waals surface area contributed by atoms with Crippen LogP contribution in [0.15, 0.2) is 76.2 Å².